The summed E-state index contributed by atoms with van der Waals surface area (Å²) in [5.41, 5.74) is 5.15. The zero-order valence-corrected chi connectivity index (χ0v) is 17.3. The number of hydrogen-bond acceptors (Lipinski definition) is 4. The van der Waals surface area contributed by atoms with Gasteiger partial charge in [-0.05, 0) is 66.8 Å². The van der Waals surface area contributed by atoms with Crippen molar-refractivity contribution in [2.24, 2.45) is 4.99 Å². The number of aromatic hydroxyl groups is 1. The van der Waals surface area contributed by atoms with Crippen molar-refractivity contribution in [2.45, 2.75) is 33.6 Å². The molecule has 0 fully saturated rings. The molecular weight excluding hydrogens is 350 g/mol. The Hall–Kier alpha value is -3.08. The smallest absolute Gasteiger partial charge is 0.295 e. The van der Waals surface area contributed by atoms with Gasteiger partial charge in [-0.2, -0.15) is 4.99 Å². The molecule has 0 saturated heterocycles. The lowest BCUT2D eigenvalue weighted by Crippen LogP contribution is -2.25. The zero-order valence-electron chi connectivity index (χ0n) is 17.3. The quantitative estimate of drug-likeness (QED) is 0.785. The molecule has 1 aliphatic rings. The number of hydrogen-bond donors (Lipinski definition) is 1. The average molecular weight is 377 g/mol. The Kier molecular flexibility index (Phi) is 5.27. The molecule has 1 N–H and O–H groups in total. The minimum atomic E-state index is -0.257. The highest BCUT2D eigenvalue weighted by Crippen LogP contribution is 2.36. The third-order valence-corrected chi connectivity index (χ3v) is 4.97. The second-order valence-corrected chi connectivity index (χ2v) is 7.67. The van der Waals surface area contributed by atoms with Crippen LogP contribution < -0.4 is 9.80 Å². The fourth-order valence-electron chi connectivity index (χ4n) is 3.38. The number of rotatable bonds is 4. The molecule has 0 unspecified atom stereocenters. The highest BCUT2D eigenvalue weighted by Gasteiger charge is 2.30. The molecule has 0 radical (unpaired) electrons. The number of carbonyl (C=O) groups is 1. The Morgan fingerprint density at radius 1 is 1.11 bits per heavy atom. The van der Waals surface area contributed by atoms with Crippen LogP contribution in [0, 0.1) is 6.92 Å². The fourth-order valence-corrected chi connectivity index (χ4v) is 3.38. The summed E-state index contributed by atoms with van der Waals surface area (Å²) in [6.45, 7) is 7.83. The highest BCUT2D eigenvalue weighted by molar-refractivity contribution is 6.22. The van der Waals surface area contributed by atoms with Gasteiger partial charge in [0, 0.05) is 19.8 Å². The predicted octanol–water partition coefficient (Wildman–Crippen LogP) is 4.70. The van der Waals surface area contributed by atoms with Crippen LogP contribution in [0.4, 0.5) is 11.4 Å². The molecule has 2 aromatic carbocycles. The first kappa shape index (κ1) is 19.7. The van der Waals surface area contributed by atoms with Crippen LogP contribution in [-0.2, 0) is 4.79 Å². The summed E-state index contributed by atoms with van der Waals surface area (Å²) in [7, 11) is 3.99. The van der Waals surface area contributed by atoms with Crippen molar-refractivity contribution in [3.05, 3.63) is 58.8 Å². The van der Waals surface area contributed by atoms with Crippen LogP contribution in [0.3, 0.4) is 0 Å². The fraction of sp³-hybridized carbons (Fsp3) is 0.304. The molecule has 0 bridgehead atoms. The average Bonchev–Trinajstić information content (AvgIpc) is 2.89. The molecule has 5 heteroatoms. The number of amidine groups is 1. The first-order chi connectivity index (χ1) is 13.2. The number of aryl methyl sites for hydroxylation is 1. The number of benzene rings is 2. The Morgan fingerprint density at radius 2 is 1.75 bits per heavy atom. The number of nitrogens with zero attached hydrogens (tertiary/aromatic N) is 3. The van der Waals surface area contributed by atoms with Crippen molar-refractivity contribution in [1.82, 2.24) is 0 Å². The largest absolute Gasteiger partial charge is 0.508 e. The third-order valence-electron chi connectivity index (χ3n) is 4.97. The van der Waals surface area contributed by atoms with Gasteiger partial charge in [0.2, 0.25) is 0 Å². The number of anilines is 2. The number of carbonyl (C=O) groups excluding carboxylic acids is 1. The maximum atomic E-state index is 12.6. The lowest BCUT2D eigenvalue weighted by Gasteiger charge is -2.24. The minimum absolute atomic E-state index is 0.168. The second-order valence-electron chi connectivity index (χ2n) is 7.67. The van der Waals surface area contributed by atoms with Gasteiger partial charge in [0.25, 0.3) is 5.91 Å². The summed E-state index contributed by atoms with van der Waals surface area (Å²) in [5.74, 6) is 0.819. The first-order valence-electron chi connectivity index (χ1n) is 9.41. The molecule has 0 saturated carbocycles. The molecule has 3 rings (SSSR count). The minimum Gasteiger partial charge on any atom is -0.508 e. The molecule has 146 valence electrons. The molecule has 2 aromatic rings. The van der Waals surface area contributed by atoms with Crippen molar-refractivity contribution >= 4 is 29.2 Å². The molecular formula is C23H27N3O2. The maximum absolute atomic E-state index is 12.6. The Balaban J connectivity index is 2.07. The van der Waals surface area contributed by atoms with E-state index in [0.29, 0.717) is 11.5 Å². The van der Waals surface area contributed by atoms with Crippen LogP contribution >= 0.6 is 0 Å². The maximum Gasteiger partial charge on any atom is 0.295 e. The summed E-state index contributed by atoms with van der Waals surface area (Å²) in [6, 6.07) is 11.7. The molecule has 0 atom stereocenters. The van der Waals surface area contributed by atoms with E-state index in [1.165, 1.54) is 0 Å². The van der Waals surface area contributed by atoms with Crippen LogP contribution in [0.5, 0.6) is 5.75 Å². The summed E-state index contributed by atoms with van der Waals surface area (Å²) in [6.07, 6.45) is 1.86. The lowest BCUT2D eigenvalue weighted by atomic mass is 9.98. The molecule has 5 nitrogen and oxygen atoms in total. The van der Waals surface area contributed by atoms with E-state index in [4.69, 9.17) is 0 Å². The van der Waals surface area contributed by atoms with Gasteiger partial charge in [-0.1, -0.05) is 26.0 Å². The molecule has 1 amide bonds. The molecule has 0 aliphatic carbocycles. The van der Waals surface area contributed by atoms with Crippen molar-refractivity contribution in [2.75, 3.05) is 23.9 Å². The Labute approximate surface area is 166 Å². The summed E-state index contributed by atoms with van der Waals surface area (Å²) < 4.78 is 0. The summed E-state index contributed by atoms with van der Waals surface area (Å²) >= 11 is 0. The van der Waals surface area contributed by atoms with E-state index in [9.17, 15) is 9.90 Å². The first-order valence-corrected chi connectivity index (χ1v) is 9.41. The van der Waals surface area contributed by atoms with Crippen molar-refractivity contribution < 1.29 is 9.90 Å². The van der Waals surface area contributed by atoms with E-state index >= 15 is 0 Å². The number of phenols is 1. The molecule has 28 heavy (non-hydrogen) atoms. The highest BCUT2D eigenvalue weighted by atomic mass is 16.3. The topological polar surface area (TPSA) is 56.1 Å². The third kappa shape index (κ3) is 3.65. The Bertz CT molecular complexity index is 970. The monoisotopic (exact) mass is 377 g/mol. The van der Waals surface area contributed by atoms with Crippen LogP contribution in [0.2, 0.25) is 0 Å². The van der Waals surface area contributed by atoms with Gasteiger partial charge in [-0.3, -0.25) is 9.69 Å². The van der Waals surface area contributed by atoms with E-state index in [1.807, 2.05) is 88.0 Å². The Morgan fingerprint density at radius 3 is 2.32 bits per heavy atom. The van der Waals surface area contributed by atoms with E-state index in [2.05, 4.69) is 4.99 Å². The van der Waals surface area contributed by atoms with Gasteiger partial charge in [0.1, 0.15) is 17.3 Å². The van der Waals surface area contributed by atoms with Gasteiger partial charge in [-0.15, -0.1) is 0 Å². The number of phenolic OH excluding ortho intramolecular Hbond substituents is 1. The number of aliphatic imine (C=N–C) groups is 1. The molecule has 0 spiro atoms. The van der Waals surface area contributed by atoms with Crippen LogP contribution in [0.25, 0.3) is 6.08 Å². The van der Waals surface area contributed by atoms with Crippen LogP contribution in [-0.4, -0.2) is 30.9 Å². The van der Waals surface area contributed by atoms with Gasteiger partial charge in [0.15, 0.2) is 0 Å². The molecule has 1 aliphatic heterocycles. The van der Waals surface area contributed by atoms with E-state index in [0.717, 1.165) is 28.1 Å². The van der Waals surface area contributed by atoms with E-state index in [1.54, 1.807) is 6.07 Å². The van der Waals surface area contributed by atoms with Gasteiger partial charge in [0.05, 0.1) is 5.69 Å². The van der Waals surface area contributed by atoms with Crippen molar-refractivity contribution in [3.8, 4) is 5.75 Å². The number of amides is 1. The SMILES string of the molecule is CC1=NC(=O)/C(=C/c2ccc(N(C)C)cc2)N1c1cc(C(C)C)c(O)cc1C. The van der Waals surface area contributed by atoms with Crippen molar-refractivity contribution in [3.63, 3.8) is 0 Å². The predicted molar refractivity (Wildman–Crippen MR) is 116 cm³/mol. The van der Waals surface area contributed by atoms with Crippen molar-refractivity contribution in [1.29, 1.82) is 0 Å². The lowest BCUT2D eigenvalue weighted by molar-refractivity contribution is -0.113. The van der Waals surface area contributed by atoms with Gasteiger partial charge >= 0.3 is 0 Å². The van der Waals surface area contributed by atoms with E-state index in [-0.39, 0.29) is 17.6 Å². The normalized spacial score (nSPS) is 15.5. The molecule has 1 heterocycles. The van der Waals surface area contributed by atoms with Gasteiger partial charge < -0.3 is 10.0 Å². The van der Waals surface area contributed by atoms with Gasteiger partial charge in [-0.25, -0.2) is 0 Å². The second kappa shape index (κ2) is 7.50. The summed E-state index contributed by atoms with van der Waals surface area (Å²) in [4.78, 5) is 20.7. The summed E-state index contributed by atoms with van der Waals surface area (Å²) in [5, 5.41) is 10.3. The zero-order chi connectivity index (χ0) is 20.6. The van der Waals surface area contributed by atoms with Crippen LogP contribution in [0.15, 0.2) is 47.1 Å². The standard InChI is InChI=1S/C23H27N3O2/c1-14(2)19-13-20(15(3)11-22(19)27)26-16(4)24-23(28)21(26)12-17-7-9-18(10-8-17)25(5)6/h7-14,27H,1-6H3/b21-12-. The van der Waals surface area contributed by atoms with Crippen LogP contribution in [0.1, 0.15) is 43.4 Å². The molecule has 0 aromatic heterocycles. The van der Waals surface area contributed by atoms with E-state index < -0.39 is 0 Å².